The summed E-state index contributed by atoms with van der Waals surface area (Å²) >= 11 is 8.41. The number of carbonyl (C=O) groups is 2. The van der Waals surface area contributed by atoms with Crippen molar-refractivity contribution in [3.8, 4) is 11.5 Å². The highest BCUT2D eigenvalue weighted by Gasteiger charge is 2.25. The third-order valence-corrected chi connectivity index (χ3v) is 4.52. The molecule has 3 rings (SSSR count). The number of benzene rings is 2. The zero-order valence-electron chi connectivity index (χ0n) is 15.0. The molecule has 0 N–H and O–H groups in total. The molecule has 1 aliphatic heterocycles. The molecule has 6 nitrogen and oxygen atoms in total. The summed E-state index contributed by atoms with van der Waals surface area (Å²) < 4.78 is 16.9. The molecular weight excluding hydrogens is 497 g/mol. The van der Waals surface area contributed by atoms with Gasteiger partial charge in [-0.1, -0.05) is 17.7 Å². The molecule has 0 aliphatic carbocycles. The first-order valence-corrected chi connectivity index (χ1v) is 9.76. The monoisotopic (exact) mass is 511 g/mol. The van der Waals surface area contributed by atoms with Crippen LogP contribution in [0.3, 0.4) is 0 Å². The number of hydrogen-bond acceptors (Lipinski definition) is 6. The number of hydrogen-bond donors (Lipinski definition) is 0. The van der Waals surface area contributed by atoms with Crippen LogP contribution in [0.2, 0.25) is 5.02 Å². The van der Waals surface area contributed by atoms with E-state index in [0.717, 1.165) is 3.57 Å². The van der Waals surface area contributed by atoms with Crippen LogP contribution in [0.1, 0.15) is 25.0 Å². The Bertz CT molecular complexity index is 1020. The van der Waals surface area contributed by atoms with Gasteiger partial charge in [0.2, 0.25) is 5.90 Å². The Kier molecular flexibility index (Phi) is 6.35. The lowest BCUT2D eigenvalue weighted by molar-refractivity contribution is -0.132. The van der Waals surface area contributed by atoms with Crippen LogP contribution < -0.4 is 9.47 Å². The van der Waals surface area contributed by atoms with E-state index < -0.39 is 11.9 Å². The number of cyclic esters (lactones) is 1. The van der Waals surface area contributed by atoms with Crippen molar-refractivity contribution in [3.63, 3.8) is 0 Å². The fraction of sp³-hybridized carbons (Fsp3) is 0.150. The lowest BCUT2D eigenvalue weighted by Gasteiger charge is -2.12. The maximum absolute atomic E-state index is 12.2. The van der Waals surface area contributed by atoms with E-state index in [1.165, 1.54) is 13.0 Å². The summed E-state index contributed by atoms with van der Waals surface area (Å²) in [5.41, 5.74) is 1.40. The molecule has 2 aromatic rings. The van der Waals surface area contributed by atoms with Crippen LogP contribution in [0, 0.1) is 3.57 Å². The molecule has 28 heavy (non-hydrogen) atoms. The second kappa shape index (κ2) is 8.74. The van der Waals surface area contributed by atoms with Crippen molar-refractivity contribution in [1.82, 2.24) is 0 Å². The van der Waals surface area contributed by atoms with Crippen LogP contribution in [-0.2, 0) is 14.3 Å². The van der Waals surface area contributed by atoms with E-state index >= 15 is 0 Å². The van der Waals surface area contributed by atoms with E-state index in [4.69, 9.17) is 25.8 Å². The molecule has 0 bridgehead atoms. The lowest BCUT2D eigenvalue weighted by Crippen LogP contribution is -2.06. The molecule has 0 fully saturated rings. The van der Waals surface area contributed by atoms with E-state index in [2.05, 4.69) is 27.6 Å². The van der Waals surface area contributed by atoms with Gasteiger partial charge in [-0.05, 0) is 71.5 Å². The van der Waals surface area contributed by atoms with Crippen molar-refractivity contribution in [1.29, 1.82) is 0 Å². The lowest BCUT2D eigenvalue weighted by atomic mass is 10.1. The third kappa shape index (κ3) is 4.71. The van der Waals surface area contributed by atoms with E-state index in [1.807, 2.05) is 24.3 Å². The first-order valence-electron chi connectivity index (χ1n) is 8.30. The van der Waals surface area contributed by atoms with E-state index in [-0.39, 0.29) is 22.4 Å². The zero-order valence-corrected chi connectivity index (χ0v) is 17.9. The van der Waals surface area contributed by atoms with Crippen molar-refractivity contribution in [3.05, 3.63) is 61.8 Å². The second-order valence-corrected chi connectivity index (χ2v) is 7.36. The highest BCUT2D eigenvalue weighted by Crippen LogP contribution is 2.37. The van der Waals surface area contributed by atoms with Gasteiger partial charge in [-0.25, -0.2) is 9.79 Å². The van der Waals surface area contributed by atoms with Crippen molar-refractivity contribution < 1.29 is 23.8 Å². The second-order valence-electron chi connectivity index (χ2n) is 5.70. The Morgan fingerprint density at radius 1 is 1.32 bits per heavy atom. The maximum Gasteiger partial charge on any atom is 0.363 e. The molecule has 0 aromatic heterocycles. The first kappa shape index (κ1) is 20.3. The van der Waals surface area contributed by atoms with Gasteiger partial charge in [0.05, 0.1) is 11.6 Å². The summed E-state index contributed by atoms with van der Waals surface area (Å²) in [6.07, 6.45) is 1.54. The van der Waals surface area contributed by atoms with Crippen LogP contribution in [0.25, 0.3) is 6.08 Å². The fourth-order valence-corrected chi connectivity index (χ4v) is 3.29. The topological polar surface area (TPSA) is 74.2 Å². The zero-order chi connectivity index (χ0) is 20.3. The number of halogens is 2. The summed E-state index contributed by atoms with van der Waals surface area (Å²) in [5.74, 6) is -0.407. The van der Waals surface area contributed by atoms with E-state index in [9.17, 15) is 9.59 Å². The number of carbonyl (C=O) groups excluding carboxylic acids is 2. The minimum absolute atomic E-state index is 0.132. The predicted molar refractivity (Wildman–Crippen MR) is 114 cm³/mol. The van der Waals surface area contributed by atoms with Crippen LogP contribution in [0.15, 0.2) is 47.1 Å². The number of nitrogens with zero attached hydrogens (tertiary/aromatic N) is 1. The number of aliphatic imine (C=N–C) groups is 1. The Balaban J connectivity index is 1.98. The smallest absolute Gasteiger partial charge is 0.363 e. The molecular formula is C20H15ClINO5. The molecule has 0 unspecified atom stereocenters. The van der Waals surface area contributed by atoms with Crippen LogP contribution in [0.5, 0.6) is 11.5 Å². The van der Waals surface area contributed by atoms with Crippen LogP contribution >= 0.6 is 34.2 Å². The van der Waals surface area contributed by atoms with Gasteiger partial charge >= 0.3 is 11.9 Å². The quantitative estimate of drug-likeness (QED) is 0.254. The summed E-state index contributed by atoms with van der Waals surface area (Å²) in [4.78, 5) is 27.8. The Hall–Kier alpha value is -2.39. The predicted octanol–water partition coefficient (Wildman–Crippen LogP) is 4.61. The molecule has 0 saturated heterocycles. The molecule has 1 aliphatic rings. The van der Waals surface area contributed by atoms with E-state index in [0.29, 0.717) is 23.5 Å². The Labute approximate surface area is 180 Å². The molecule has 1 heterocycles. The van der Waals surface area contributed by atoms with Gasteiger partial charge in [0.25, 0.3) is 0 Å². The highest BCUT2D eigenvalue weighted by atomic mass is 127. The number of ether oxygens (including phenoxy) is 3. The normalized spacial score (nSPS) is 14.6. The molecule has 0 spiro atoms. The molecule has 0 amide bonds. The van der Waals surface area contributed by atoms with Gasteiger partial charge in [0.1, 0.15) is 0 Å². The number of rotatable bonds is 5. The summed E-state index contributed by atoms with van der Waals surface area (Å²) in [6, 6.07) is 10.6. The third-order valence-electron chi connectivity index (χ3n) is 3.57. The molecule has 0 saturated carbocycles. The highest BCUT2D eigenvalue weighted by molar-refractivity contribution is 14.1. The minimum atomic E-state index is -0.563. The van der Waals surface area contributed by atoms with Gasteiger partial charge in [-0.3, -0.25) is 4.79 Å². The molecule has 144 valence electrons. The fourth-order valence-electron chi connectivity index (χ4n) is 2.49. The summed E-state index contributed by atoms with van der Waals surface area (Å²) in [7, 11) is 0. The molecule has 8 heteroatoms. The largest absolute Gasteiger partial charge is 0.490 e. The van der Waals surface area contributed by atoms with Gasteiger partial charge in [-0.15, -0.1) is 0 Å². The molecule has 0 radical (unpaired) electrons. The maximum atomic E-state index is 12.2. The molecule has 0 atom stereocenters. The average molecular weight is 512 g/mol. The van der Waals surface area contributed by atoms with Crippen molar-refractivity contribution >= 4 is 58.1 Å². The Morgan fingerprint density at radius 3 is 2.79 bits per heavy atom. The molecule has 2 aromatic carbocycles. The van der Waals surface area contributed by atoms with Crippen molar-refractivity contribution in [2.45, 2.75) is 13.8 Å². The van der Waals surface area contributed by atoms with Crippen molar-refractivity contribution in [2.24, 2.45) is 4.99 Å². The Morgan fingerprint density at radius 2 is 2.11 bits per heavy atom. The average Bonchev–Trinajstić information content (AvgIpc) is 2.99. The van der Waals surface area contributed by atoms with Gasteiger partial charge in [0, 0.05) is 16.1 Å². The van der Waals surface area contributed by atoms with Gasteiger partial charge in [0.15, 0.2) is 17.2 Å². The number of esters is 2. The van der Waals surface area contributed by atoms with Crippen LogP contribution in [-0.4, -0.2) is 24.4 Å². The van der Waals surface area contributed by atoms with Crippen molar-refractivity contribution in [2.75, 3.05) is 6.61 Å². The van der Waals surface area contributed by atoms with Gasteiger partial charge < -0.3 is 14.2 Å². The SMILES string of the molecule is CCOc1cc(/C=C2/N=C(c3cccc(I)c3)OC2=O)cc(Cl)c1OC(C)=O. The summed E-state index contributed by atoms with van der Waals surface area (Å²) in [5, 5.41) is 0.182. The minimum Gasteiger partial charge on any atom is -0.490 e. The van der Waals surface area contributed by atoms with Gasteiger partial charge in [-0.2, -0.15) is 0 Å². The summed E-state index contributed by atoms with van der Waals surface area (Å²) in [6.45, 7) is 3.42. The van der Waals surface area contributed by atoms with Crippen LogP contribution in [0.4, 0.5) is 0 Å². The van der Waals surface area contributed by atoms with E-state index in [1.54, 1.807) is 19.1 Å². The standard InChI is InChI=1S/C20H15ClINO5/c1-3-26-17-9-12(7-15(21)18(17)27-11(2)24)8-16-20(25)28-19(23-16)13-5-4-6-14(22)10-13/h4-10H,3H2,1-2H3/b16-8+. The first-order chi connectivity index (χ1) is 13.4.